The van der Waals surface area contributed by atoms with E-state index < -0.39 is 0 Å². The van der Waals surface area contributed by atoms with Crippen molar-refractivity contribution in [1.29, 1.82) is 0 Å². The fraction of sp³-hybridized carbons (Fsp3) is 0.750. The van der Waals surface area contributed by atoms with Gasteiger partial charge >= 0.3 is 0 Å². The first kappa shape index (κ1) is 10.7. The maximum absolute atomic E-state index is 6.09. The Hall–Kier alpha value is -0.450. The van der Waals surface area contributed by atoms with Crippen molar-refractivity contribution < 1.29 is 4.74 Å². The van der Waals surface area contributed by atoms with Gasteiger partial charge in [0.1, 0.15) is 0 Å². The number of aromatic nitrogens is 1. The zero-order chi connectivity index (χ0) is 11.2. The predicted octanol–water partition coefficient (Wildman–Crippen LogP) is 2.36. The van der Waals surface area contributed by atoms with Crippen LogP contribution in [0.3, 0.4) is 0 Å². The first-order valence-electron chi connectivity index (χ1n) is 5.88. The van der Waals surface area contributed by atoms with Crippen LogP contribution in [0.4, 0.5) is 0 Å². The molecule has 1 aliphatic heterocycles. The molecule has 4 heteroatoms. The van der Waals surface area contributed by atoms with E-state index in [0.717, 1.165) is 26.0 Å². The molecule has 1 spiro atoms. The minimum atomic E-state index is 0.0322. The molecule has 1 aliphatic carbocycles. The van der Waals surface area contributed by atoms with Crippen molar-refractivity contribution in [2.75, 3.05) is 13.2 Å². The molecule has 3 nitrogen and oxygen atoms in total. The van der Waals surface area contributed by atoms with Gasteiger partial charge in [-0.3, -0.25) is 0 Å². The van der Waals surface area contributed by atoms with E-state index in [0.29, 0.717) is 11.5 Å². The third kappa shape index (κ3) is 1.60. The lowest BCUT2D eigenvalue weighted by Gasteiger charge is -2.58. The van der Waals surface area contributed by atoms with Crippen LogP contribution in [0.25, 0.3) is 0 Å². The second-order valence-electron chi connectivity index (χ2n) is 5.78. The summed E-state index contributed by atoms with van der Waals surface area (Å²) in [7, 11) is 0. The van der Waals surface area contributed by atoms with E-state index in [-0.39, 0.29) is 5.60 Å². The highest BCUT2D eigenvalue weighted by molar-refractivity contribution is 7.03. The first-order chi connectivity index (χ1) is 7.61. The number of hydrogen-bond acceptors (Lipinski definition) is 4. The summed E-state index contributed by atoms with van der Waals surface area (Å²) in [5.41, 5.74) is 1.76. The van der Waals surface area contributed by atoms with Gasteiger partial charge in [0, 0.05) is 23.7 Å². The van der Waals surface area contributed by atoms with Crippen molar-refractivity contribution in [2.45, 2.75) is 38.3 Å². The molecule has 88 valence electrons. The van der Waals surface area contributed by atoms with Gasteiger partial charge in [0.25, 0.3) is 0 Å². The Morgan fingerprint density at radius 3 is 2.94 bits per heavy atom. The smallest absolute Gasteiger partial charge is 0.0888 e. The Kier molecular flexibility index (Phi) is 2.35. The molecule has 0 radical (unpaired) electrons. The van der Waals surface area contributed by atoms with Gasteiger partial charge in [-0.05, 0) is 29.8 Å². The van der Waals surface area contributed by atoms with Crippen molar-refractivity contribution >= 4 is 11.5 Å². The maximum atomic E-state index is 6.09. The number of hydrogen-bond donors (Lipinski definition) is 1. The van der Waals surface area contributed by atoms with Crippen LogP contribution in [-0.2, 0) is 4.74 Å². The Morgan fingerprint density at radius 1 is 1.50 bits per heavy atom. The third-order valence-electron chi connectivity index (χ3n) is 3.71. The van der Waals surface area contributed by atoms with E-state index in [1.807, 2.05) is 6.20 Å². The van der Waals surface area contributed by atoms with Gasteiger partial charge in [-0.25, -0.2) is 4.37 Å². The van der Waals surface area contributed by atoms with E-state index in [2.05, 4.69) is 28.9 Å². The van der Waals surface area contributed by atoms with Crippen LogP contribution in [0.5, 0.6) is 0 Å². The zero-order valence-electron chi connectivity index (χ0n) is 9.82. The van der Waals surface area contributed by atoms with Gasteiger partial charge in [-0.2, -0.15) is 0 Å². The number of ether oxygens (including phenoxy) is 1. The summed E-state index contributed by atoms with van der Waals surface area (Å²) < 4.78 is 10.3. The topological polar surface area (TPSA) is 34.1 Å². The normalized spacial score (nSPS) is 31.2. The van der Waals surface area contributed by atoms with Crippen molar-refractivity contribution in [3.8, 4) is 0 Å². The molecule has 0 aromatic carbocycles. The fourth-order valence-electron chi connectivity index (χ4n) is 3.38. The van der Waals surface area contributed by atoms with Gasteiger partial charge in [0.15, 0.2) is 0 Å². The maximum Gasteiger partial charge on any atom is 0.0888 e. The summed E-state index contributed by atoms with van der Waals surface area (Å²) in [6, 6.07) is 0.341. The molecule has 1 aromatic heterocycles. The minimum Gasteiger partial charge on any atom is -0.372 e. The lowest BCUT2D eigenvalue weighted by molar-refractivity contribution is -0.195. The summed E-state index contributed by atoms with van der Waals surface area (Å²) >= 11 is 1.52. The number of morpholine rings is 1. The molecule has 0 bridgehead atoms. The Balaban J connectivity index is 1.86. The van der Waals surface area contributed by atoms with Gasteiger partial charge in [0.05, 0.1) is 18.2 Å². The summed E-state index contributed by atoms with van der Waals surface area (Å²) in [6.07, 6.45) is 4.27. The molecule has 3 rings (SSSR count). The lowest BCUT2D eigenvalue weighted by atomic mass is 9.57. The predicted molar refractivity (Wildman–Crippen MR) is 64.6 cm³/mol. The number of nitrogens with one attached hydrogen (secondary N) is 1. The van der Waals surface area contributed by atoms with Crippen molar-refractivity contribution in [2.24, 2.45) is 5.41 Å². The molecule has 2 fully saturated rings. The van der Waals surface area contributed by atoms with Gasteiger partial charge in [-0.1, -0.05) is 13.8 Å². The molecule has 1 saturated heterocycles. The van der Waals surface area contributed by atoms with Crippen LogP contribution >= 0.6 is 11.5 Å². The van der Waals surface area contributed by atoms with Crippen LogP contribution in [0.15, 0.2) is 11.6 Å². The van der Waals surface area contributed by atoms with Crippen LogP contribution in [-0.4, -0.2) is 23.1 Å². The second kappa shape index (κ2) is 3.52. The molecule has 0 amide bonds. The fourth-order valence-corrected chi connectivity index (χ4v) is 3.94. The molecule has 2 heterocycles. The largest absolute Gasteiger partial charge is 0.372 e. The lowest BCUT2D eigenvalue weighted by Crippen LogP contribution is -2.61. The summed E-state index contributed by atoms with van der Waals surface area (Å²) in [5.74, 6) is 0. The van der Waals surface area contributed by atoms with Crippen molar-refractivity contribution in [1.82, 2.24) is 9.69 Å². The summed E-state index contributed by atoms with van der Waals surface area (Å²) in [4.78, 5) is 0. The second-order valence-corrected chi connectivity index (χ2v) is 6.43. The van der Waals surface area contributed by atoms with E-state index in [1.54, 1.807) is 0 Å². The highest BCUT2D eigenvalue weighted by atomic mass is 32.1. The highest BCUT2D eigenvalue weighted by Gasteiger charge is 2.56. The van der Waals surface area contributed by atoms with Gasteiger partial charge in [0.2, 0.25) is 0 Å². The van der Waals surface area contributed by atoms with Crippen LogP contribution in [0, 0.1) is 5.41 Å². The molecule has 1 unspecified atom stereocenters. The molecule has 1 atom stereocenters. The third-order valence-corrected chi connectivity index (χ3v) is 4.31. The van der Waals surface area contributed by atoms with Gasteiger partial charge in [-0.15, -0.1) is 0 Å². The molecule has 16 heavy (non-hydrogen) atoms. The molecule has 1 aromatic rings. The van der Waals surface area contributed by atoms with Crippen molar-refractivity contribution in [3.05, 3.63) is 17.1 Å². The average molecular weight is 238 g/mol. The Labute approximate surface area is 100 Å². The van der Waals surface area contributed by atoms with Crippen LogP contribution < -0.4 is 5.32 Å². The standard InChI is InChI=1S/C12H18N2OS/c1-11(2)7-12(8-11)10(13-3-4-15-12)9-5-14-16-6-9/h5-6,10,13H,3-4,7-8H2,1-2H3. The van der Waals surface area contributed by atoms with Crippen LogP contribution in [0.1, 0.15) is 38.3 Å². The van der Waals surface area contributed by atoms with E-state index in [4.69, 9.17) is 4.74 Å². The molecule has 2 aliphatic rings. The monoisotopic (exact) mass is 238 g/mol. The zero-order valence-corrected chi connectivity index (χ0v) is 10.6. The van der Waals surface area contributed by atoms with Crippen molar-refractivity contribution in [3.63, 3.8) is 0 Å². The van der Waals surface area contributed by atoms with Gasteiger partial charge < -0.3 is 10.1 Å². The Morgan fingerprint density at radius 2 is 2.31 bits per heavy atom. The Bertz CT molecular complexity index is 366. The van der Waals surface area contributed by atoms with E-state index in [9.17, 15) is 0 Å². The first-order valence-corrected chi connectivity index (χ1v) is 6.72. The molecule has 1 N–H and O–H groups in total. The number of nitrogens with zero attached hydrogens (tertiary/aromatic N) is 1. The van der Waals surface area contributed by atoms with E-state index in [1.165, 1.54) is 17.1 Å². The average Bonchev–Trinajstić information content (AvgIpc) is 2.68. The summed E-state index contributed by atoms with van der Waals surface area (Å²) in [5, 5.41) is 5.73. The number of rotatable bonds is 1. The molecular formula is C12H18N2OS. The molecule has 1 saturated carbocycles. The SMILES string of the molecule is CC1(C)CC2(C1)OCCNC2c1cnsc1. The quantitative estimate of drug-likeness (QED) is 0.815. The molecular weight excluding hydrogens is 220 g/mol. The van der Waals surface area contributed by atoms with E-state index >= 15 is 0 Å². The minimum absolute atomic E-state index is 0.0322. The highest BCUT2D eigenvalue weighted by Crippen LogP contribution is 2.56. The van der Waals surface area contributed by atoms with Crippen LogP contribution in [0.2, 0.25) is 0 Å². The summed E-state index contributed by atoms with van der Waals surface area (Å²) in [6.45, 7) is 6.42.